The Morgan fingerprint density at radius 3 is 2.86 bits per heavy atom. The van der Waals surface area contributed by atoms with Crippen LogP contribution < -0.4 is 5.32 Å². The number of carbonyl (C=O) groups is 1. The monoisotopic (exact) mass is 306 g/mol. The lowest BCUT2D eigenvalue weighted by molar-refractivity contribution is -0.385. The molecule has 1 N–H and O–H groups in total. The fourth-order valence-corrected chi connectivity index (χ4v) is 2.57. The molecule has 0 unspecified atom stereocenters. The number of ether oxygens (including phenoxy) is 1. The van der Waals surface area contributed by atoms with Gasteiger partial charge in [-0.2, -0.15) is 0 Å². The van der Waals surface area contributed by atoms with Crippen molar-refractivity contribution in [1.29, 1.82) is 0 Å². The summed E-state index contributed by atoms with van der Waals surface area (Å²) in [6.45, 7) is 0.680. The molecule has 0 saturated carbocycles. The number of nitro benzene ring substituents is 1. The quantitative estimate of drug-likeness (QED) is 0.504. The maximum atomic E-state index is 11.6. The normalized spacial score (nSPS) is 10.1. The number of methoxy groups -OCH3 is 1. The van der Waals surface area contributed by atoms with Crippen molar-refractivity contribution in [1.82, 2.24) is 0 Å². The number of nitrogens with one attached hydrogen (secondary N) is 1. The van der Waals surface area contributed by atoms with Gasteiger partial charge in [-0.3, -0.25) is 10.1 Å². The zero-order valence-electron chi connectivity index (χ0n) is 11.4. The van der Waals surface area contributed by atoms with E-state index in [2.05, 4.69) is 10.1 Å². The highest BCUT2D eigenvalue weighted by atomic mass is 32.1. The van der Waals surface area contributed by atoms with Gasteiger partial charge in [0, 0.05) is 23.2 Å². The van der Waals surface area contributed by atoms with Crippen LogP contribution in [0.2, 0.25) is 0 Å². The van der Waals surface area contributed by atoms with Crippen LogP contribution >= 0.6 is 11.3 Å². The predicted octanol–water partition coefficient (Wildman–Crippen LogP) is 3.10. The average molecular weight is 306 g/mol. The van der Waals surface area contributed by atoms with Crippen molar-refractivity contribution in [2.75, 3.05) is 19.0 Å². The number of benzene rings is 1. The van der Waals surface area contributed by atoms with Crippen LogP contribution in [-0.4, -0.2) is 24.5 Å². The first-order valence-electron chi connectivity index (χ1n) is 6.25. The lowest BCUT2D eigenvalue weighted by Crippen LogP contribution is -2.08. The molecule has 0 atom stereocenters. The van der Waals surface area contributed by atoms with Gasteiger partial charge >= 0.3 is 5.97 Å². The Kier molecular flexibility index (Phi) is 4.89. The Balaban J connectivity index is 2.09. The van der Waals surface area contributed by atoms with Crippen LogP contribution in [-0.2, 0) is 11.2 Å². The molecule has 6 nitrogen and oxygen atoms in total. The molecule has 0 aliphatic rings. The second-order valence-electron chi connectivity index (χ2n) is 4.24. The summed E-state index contributed by atoms with van der Waals surface area (Å²) in [5.41, 5.74) is 0.340. The largest absolute Gasteiger partial charge is 0.465 e. The lowest BCUT2D eigenvalue weighted by Gasteiger charge is -2.07. The Bertz CT molecular complexity index is 640. The third kappa shape index (κ3) is 3.79. The Hall–Kier alpha value is -2.41. The molecule has 110 valence electrons. The fourth-order valence-electron chi connectivity index (χ4n) is 1.86. The minimum absolute atomic E-state index is 0.0522. The highest BCUT2D eigenvalue weighted by molar-refractivity contribution is 7.09. The lowest BCUT2D eigenvalue weighted by atomic mass is 10.1. The maximum Gasteiger partial charge on any atom is 0.344 e. The van der Waals surface area contributed by atoms with Crippen molar-refractivity contribution in [2.45, 2.75) is 6.42 Å². The Labute approximate surface area is 125 Å². The summed E-state index contributed by atoms with van der Waals surface area (Å²) in [7, 11) is 1.20. The van der Waals surface area contributed by atoms with Crippen LogP contribution in [0.5, 0.6) is 0 Å². The summed E-state index contributed by atoms with van der Waals surface area (Å²) in [6, 6.07) is 8.36. The standard InChI is InChI=1S/C14H14N2O4S/c1-20-14(17)12-9-10(4-5-13(12)16(18)19)15-7-6-11-3-2-8-21-11/h2-5,8-9,15H,6-7H2,1H3. The molecule has 21 heavy (non-hydrogen) atoms. The summed E-state index contributed by atoms with van der Waals surface area (Å²) in [5, 5.41) is 16.1. The minimum atomic E-state index is -0.719. The van der Waals surface area contributed by atoms with E-state index in [4.69, 9.17) is 0 Å². The van der Waals surface area contributed by atoms with E-state index in [-0.39, 0.29) is 11.3 Å². The molecule has 0 aliphatic carbocycles. The van der Waals surface area contributed by atoms with Crippen molar-refractivity contribution in [2.24, 2.45) is 0 Å². The predicted molar refractivity (Wildman–Crippen MR) is 80.9 cm³/mol. The van der Waals surface area contributed by atoms with E-state index in [1.807, 2.05) is 17.5 Å². The molecule has 0 fully saturated rings. The van der Waals surface area contributed by atoms with E-state index in [0.717, 1.165) is 6.42 Å². The van der Waals surface area contributed by atoms with Gasteiger partial charge in [0.05, 0.1) is 12.0 Å². The highest BCUT2D eigenvalue weighted by Crippen LogP contribution is 2.23. The first kappa shape index (κ1) is 15.0. The Morgan fingerprint density at radius 1 is 1.43 bits per heavy atom. The van der Waals surface area contributed by atoms with Gasteiger partial charge in [0.1, 0.15) is 5.56 Å². The van der Waals surface area contributed by atoms with Gasteiger partial charge < -0.3 is 10.1 Å². The van der Waals surface area contributed by atoms with Crippen molar-refractivity contribution < 1.29 is 14.5 Å². The molecular formula is C14H14N2O4S. The van der Waals surface area contributed by atoms with Gasteiger partial charge in [-0.05, 0) is 30.0 Å². The van der Waals surface area contributed by atoms with Gasteiger partial charge in [0.25, 0.3) is 5.69 Å². The van der Waals surface area contributed by atoms with Crippen LogP contribution in [0.4, 0.5) is 11.4 Å². The Morgan fingerprint density at radius 2 is 2.24 bits per heavy atom. The van der Waals surface area contributed by atoms with E-state index < -0.39 is 10.9 Å². The number of hydrogen-bond donors (Lipinski definition) is 1. The van der Waals surface area contributed by atoms with Crippen molar-refractivity contribution in [3.8, 4) is 0 Å². The zero-order chi connectivity index (χ0) is 15.2. The molecule has 0 aliphatic heterocycles. The van der Waals surface area contributed by atoms with Crippen LogP contribution in [0.25, 0.3) is 0 Å². The van der Waals surface area contributed by atoms with E-state index in [1.54, 1.807) is 17.4 Å². The topological polar surface area (TPSA) is 81.5 Å². The third-order valence-electron chi connectivity index (χ3n) is 2.88. The summed E-state index contributed by atoms with van der Waals surface area (Å²) in [6.07, 6.45) is 0.849. The number of esters is 1. The minimum Gasteiger partial charge on any atom is -0.465 e. The molecule has 0 bridgehead atoms. The van der Waals surface area contributed by atoms with Gasteiger partial charge in [0.2, 0.25) is 0 Å². The first-order valence-corrected chi connectivity index (χ1v) is 7.13. The summed E-state index contributed by atoms with van der Waals surface area (Å²) in [5.74, 6) is -0.719. The number of anilines is 1. The van der Waals surface area contributed by atoms with Crippen LogP contribution in [0.3, 0.4) is 0 Å². The van der Waals surface area contributed by atoms with Crippen molar-refractivity contribution in [3.05, 3.63) is 56.3 Å². The molecule has 0 spiro atoms. The average Bonchev–Trinajstić information content (AvgIpc) is 2.99. The van der Waals surface area contributed by atoms with E-state index in [1.165, 1.54) is 24.1 Å². The molecule has 2 aromatic rings. The molecule has 0 saturated heterocycles. The van der Waals surface area contributed by atoms with Crippen LogP contribution in [0.1, 0.15) is 15.2 Å². The maximum absolute atomic E-state index is 11.6. The smallest absolute Gasteiger partial charge is 0.344 e. The highest BCUT2D eigenvalue weighted by Gasteiger charge is 2.21. The zero-order valence-corrected chi connectivity index (χ0v) is 12.2. The molecule has 1 heterocycles. The fraction of sp³-hybridized carbons (Fsp3) is 0.214. The third-order valence-corrected chi connectivity index (χ3v) is 3.82. The van der Waals surface area contributed by atoms with Gasteiger partial charge in [0.15, 0.2) is 0 Å². The molecule has 0 radical (unpaired) electrons. The SMILES string of the molecule is COC(=O)c1cc(NCCc2cccs2)ccc1[N+](=O)[O-]. The number of thiophene rings is 1. The summed E-state index contributed by atoms with van der Waals surface area (Å²) >= 11 is 1.67. The number of hydrogen-bond acceptors (Lipinski definition) is 6. The molecule has 1 aromatic heterocycles. The summed E-state index contributed by atoms with van der Waals surface area (Å²) in [4.78, 5) is 23.2. The van der Waals surface area contributed by atoms with Crippen LogP contribution in [0, 0.1) is 10.1 Å². The van der Waals surface area contributed by atoms with Gasteiger partial charge in [-0.1, -0.05) is 6.07 Å². The van der Waals surface area contributed by atoms with Gasteiger partial charge in [-0.25, -0.2) is 4.79 Å². The molecular weight excluding hydrogens is 292 g/mol. The van der Waals surface area contributed by atoms with Gasteiger partial charge in [-0.15, -0.1) is 11.3 Å². The number of nitrogens with zero attached hydrogens (tertiary/aromatic N) is 1. The first-order chi connectivity index (χ1) is 10.1. The molecule has 1 aromatic carbocycles. The van der Waals surface area contributed by atoms with E-state index in [9.17, 15) is 14.9 Å². The van der Waals surface area contributed by atoms with E-state index in [0.29, 0.717) is 12.2 Å². The van der Waals surface area contributed by atoms with Crippen molar-refractivity contribution >= 4 is 28.7 Å². The second kappa shape index (κ2) is 6.85. The number of rotatable bonds is 6. The summed E-state index contributed by atoms with van der Waals surface area (Å²) < 4.78 is 4.58. The second-order valence-corrected chi connectivity index (χ2v) is 5.27. The molecule has 0 amide bonds. The number of nitro groups is 1. The molecule has 2 rings (SSSR count). The number of carbonyl (C=O) groups excluding carboxylic acids is 1. The van der Waals surface area contributed by atoms with E-state index >= 15 is 0 Å². The van der Waals surface area contributed by atoms with Crippen LogP contribution in [0.15, 0.2) is 35.7 Å². The molecule has 7 heteroatoms. The van der Waals surface area contributed by atoms with Crippen molar-refractivity contribution in [3.63, 3.8) is 0 Å².